The normalized spacial score (nSPS) is 16.4. The third-order valence-corrected chi connectivity index (χ3v) is 4.11. The molecule has 0 saturated heterocycles. The molecule has 0 heterocycles. The van der Waals surface area contributed by atoms with Crippen LogP contribution in [0.2, 0.25) is 0 Å². The van der Waals surface area contributed by atoms with Crippen LogP contribution in [0.25, 0.3) is 0 Å². The van der Waals surface area contributed by atoms with Gasteiger partial charge in [0.2, 0.25) is 5.91 Å². The van der Waals surface area contributed by atoms with E-state index >= 15 is 0 Å². The molecule has 1 aromatic rings. The molecule has 0 unspecified atom stereocenters. The van der Waals surface area contributed by atoms with Crippen LogP contribution in [0.4, 0.5) is 0 Å². The highest BCUT2D eigenvalue weighted by Crippen LogP contribution is 2.18. The standard InChI is InChI=1S/C16H22BrNO2/c17-13-6-5-9-15(12-13)20-11-10-16(19)18-14-7-3-1-2-4-8-14/h5-6,9,12,14H,1-4,7-8,10-11H2,(H,18,19). The number of nitrogens with one attached hydrogen (secondary N) is 1. The first-order valence-corrected chi connectivity index (χ1v) is 8.21. The topological polar surface area (TPSA) is 38.3 Å². The van der Waals surface area contributed by atoms with Gasteiger partial charge in [-0.05, 0) is 31.0 Å². The van der Waals surface area contributed by atoms with E-state index in [9.17, 15) is 4.79 Å². The van der Waals surface area contributed by atoms with Crippen molar-refractivity contribution in [3.05, 3.63) is 28.7 Å². The van der Waals surface area contributed by atoms with Crippen LogP contribution >= 0.6 is 15.9 Å². The Morgan fingerprint density at radius 3 is 2.70 bits per heavy atom. The van der Waals surface area contributed by atoms with E-state index in [1.807, 2.05) is 24.3 Å². The summed E-state index contributed by atoms with van der Waals surface area (Å²) in [6, 6.07) is 8.05. The Bertz CT molecular complexity index is 428. The van der Waals surface area contributed by atoms with E-state index in [0.717, 1.165) is 23.1 Å². The first-order chi connectivity index (χ1) is 9.74. The molecule has 0 aliphatic heterocycles. The lowest BCUT2D eigenvalue weighted by atomic mass is 10.1. The first kappa shape index (κ1) is 15.4. The average Bonchev–Trinajstić information content (AvgIpc) is 2.67. The fraction of sp³-hybridized carbons (Fsp3) is 0.562. The summed E-state index contributed by atoms with van der Waals surface area (Å²) in [7, 11) is 0. The van der Waals surface area contributed by atoms with Gasteiger partial charge in [0, 0.05) is 10.5 Å². The molecule has 1 aliphatic carbocycles. The molecule has 4 heteroatoms. The molecule has 1 amide bonds. The predicted molar refractivity (Wildman–Crippen MR) is 83.9 cm³/mol. The SMILES string of the molecule is O=C(CCOc1cccc(Br)c1)NC1CCCCCC1. The second-order valence-corrected chi connectivity index (χ2v) is 6.23. The third-order valence-electron chi connectivity index (χ3n) is 3.61. The van der Waals surface area contributed by atoms with Crippen LogP contribution in [0, 0.1) is 0 Å². The van der Waals surface area contributed by atoms with Crippen molar-refractivity contribution in [1.82, 2.24) is 5.32 Å². The van der Waals surface area contributed by atoms with Crippen LogP contribution in [0.15, 0.2) is 28.7 Å². The van der Waals surface area contributed by atoms with Gasteiger partial charge in [-0.1, -0.05) is 47.7 Å². The Labute approximate surface area is 129 Å². The lowest BCUT2D eigenvalue weighted by molar-refractivity contribution is -0.122. The molecule has 2 rings (SSSR count). The Balaban J connectivity index is 1.67. The highest BCUT2D eigenvalue weighted by atomic mass is 79.9. The number of ether oxygens (including phenoxy) is 1. The van der Waals surface area contributed by atoms with Crippen LogP contribution in [0.3, 0.4) is 0 Å². The molecule has 1 N–H and O–H groups in total. The maximum atomic E-state index is 11.9. The van der Waals surface area contributed by atoms with Crippen LogP contribution in [-0.4, -0.2) is 18.6 Å². The molecule has 1 saturated carbocycles. The lowest BCUT2D eigenvalue weighted by Gasteiger charge is -2.16. The van der Waals surface area contributed by atoms with Gasteiger partial charge in [-0.3, -0.25) is 4.79 Å². The zero-order chi connectivity index (χ0) is 14.2. The summed E-state index contributed by atoms with van der Waals surface area (Å²) < 4.78 is 6.56. The summed E-state index contributed by atoms with van der Waals surface area (Å²) >= 11 is 3.40. The molecule has 1 fully saturated rings. The van der Waals surface area contributed by atoms with Crippen molar-refractivity contribution in [3.8, 4) is 5.75 Å². The second kappa shape index (κ2) is 8.30. The van der Waals surface area contributed by atoms with Gasteiger partial charge >= 0.3 is 0 Å². The van der Waals surface area contributed by atoms with E-state index in [0.29, 0.717) is 19.1 Å². The molecule has 0 bridgehead atoms. The summed E-state index contributed by atoms with van der Waals surface area (Å²) in [6.45, 7) is 0.426. The zero-order valence-corrected chi connectivity index (χ0v) is 13.3. The molecule has 20 heavy (non-hydrogen) atoms. The van der Waals surface area contributed by atoms with Gasteiger partial charge in [0.25, 0.3) is 0 Å². The molecule has 1 aliphatic rings. The number of amides is 1. The van der Waals surface area contributed by atoms with Crippen LogP contribution in [0.1, 0.15) is 44.9 Å². The summed E-state index contributed by atoms with van der Waals surface area (Å²) in [5, 5.41) is 3.13. The lowest BCUT2D eigenvalue weighted by Crippen LogP contribution is -2.35. The van der Waals surface area contributed by atoms with Gasteiger partial charge in [-0.2, -0.15) is 0 Å². The van der Waals surface area contributed by atoms with E-state index in [1.165, 1.54) is 25.7 Å². The second-order valence-electron chi connectivity index (χ2n) is 5.31. The molecule has 1 aromatic carbocycles. The van der Waals surface area contributed by atoms with E-state index in [1.54, 1.807) is 0 Å². The van der Waals surface area contributed by atoms with Crippen LogP contribution < -0.4 is 10.1 Å². The highest BCUT2D eigenvalue weighted by Gasteiger charge is 2.14. The summed E-state index contributed by atoms with van der Waals surface area (Å²) in [4.78, 5) is 11.9. The van der Waals surface area contributed by atoms with Gasteiger partial charge < -0.3 is 10.1 Å². The van der Waals surface area contributed by atoms with Crippen molar-refractivity contribution in [2.24, 2.45) is 0 Å². The van der Waals surface area contributed by atoms with E-state index in [2.05, 4.69) is 21.2 Å². The molecular weight excluding hydrogens is 318 g/mol. The smallest absolute Gasteiger partial charge is 0.223 e. The van der Waals surface area contributed by atoms with Crippen molar-refractivity contribution < 1.29 is 9.53 Å². The Morgan fingerprint density at radius 2 is 2.00 bits per heavy atom. The van der Waals surface area contributed by atoms with E-state index < -0.39 is 0 Å². The van der Waals surface area contributed by atoms with Gasteiger partial charge in [0.05, 0.1) is 13.0 Å². The third kappa shape index (κ3) is 5.53. The van der Waals surface area contributed by atoms with Crippen molar-refractivity contribution in [1.29, 1.82) is 0 Å². The highest BCUT2D eigenvalue weighted by molar-refractivity contribution is 9.10. The maximum absolute atomic E-state index is 11.9. The number of hydrogen-bond acceptors (Lipinski definition) is 2. The van der Waals surface area contributed by atoms with E-state index in [4.69, 9.17) is 4.74 Å². The zero-order valence-electron chi connectivity index (χ0n) is 11.7. The number of hydrogen-bond donors (Lipinski definition) is 1. The summed E-state index contributed by atoms with van der Waals surface area (Å²) in [6.07, 6.45) is 7.75. The maximum Gasteiger partial charge on any atom is 0.223 e. The Morgan fingerprint density at radius 1 is 1.25 bits per heavy atom. The number of rotatable bonds is 5. The number of benzene rings is 1. The fourth-order valence-electron chi connectivity index (χ4n) is 2.54. The first-order valence-electron chi connectivity index (χ1n) is 7.42. The fourth-order valence-corrected chi connectivity index (χ4v) is 2.92. The minimum Gasteiger partial charge on any atom is -0.493 e. The molecule has 0 atom stereocenters. The van der Waals surface area contributed by atoms with Crippen molar-refractivity contribution in [2.45, 2.75) is 51.0 Å². The Kier molecular flexibility index (Phi) is 6.37. The van der Waals surface area contributed by atoms with Crippen molar-refractivity contribution in [3.63, 3.8) is 0 Å². The number of carbonyl (C=O) groups is 1. The minimum atomic E-state index is 0.104. The molecule has 110 valence electrons. The predicted octanol–water partition coefficient (Wildman–Crippen LogP) is 4.06. The quantitative estimate of drug-likeness (QED) is 0.821. The monoisotopic (exact) mass is 339 g/mol. The van der Waals surface area contributed by atoms with Crippen LogP contribution in [-0.2, 0) is 4.79 Å². The number of halogens is 1. The van der Waals surface area contributed by atoms with Gasteiger partial charge in [-0.25, -0.2) is 0 Å². The van der Waals surface area contributed by atoms with E-state index in [-0.39, 0.29) is 5.91 Å². The molecule has 3 nitrogen and oxygen atoms in total. The minimum absolute atomic E-state index is 0.104. The molecule has 0 radical (unpaired) electrons. The van der Waals surface area contributed by atoms with Crippen LogP contribution in [0.5, 0.6) is 5.75 Å². The van der Waals surface area contributed by atoms with Gasteiger partial charge in [0.15, 0.2) is 0 Å². The molecule has 0 aromatic heterocycles. The largest absolute Gasteiger partial charge is 0.493 e. The number of carbonyl (C=O) groups excluding carboxylic acids is 1. The van der Waals surface area contributed by atoms with Crippen molar-refractivity contribution >= 4 is 21.8 Å². The van der Waals surface area contributed by atoms with Gasteiger partial charge in [0.1, 0.15) is 5.75 Å². The summed E-state index contributed by atoms with van der Waals surface area (Å²) in [5.74, 6) is 0.897. The molecule has 0 spiro atoms. The summed E-state index contributed by atoms with van der Waals surface area (Å²) in [5.41, 5.74) is 0. The van der Waals surface area contributed by atoms with Crippen molar-refractivity contribution in [2.75, 3.05) is 6.61 Å². The van der Waals surface area contributed by atoms with Gasteiger partial charge in [-0.15, -0.1) is 0 Å². The molecular formula is C16H22BrNO2. The Hall–Kier alpha value is -1.03. The average molecular weight is 340 g/mol.